The van der Waals surface area contributed by atoms with E-state index in [2.05, 4.69) is 5.18 Å². The number of hydrogen-bond acceptors (Lipinski definition) is 6. The highest BCUT2D eigenvalue weighted by molar-refractivity contribution is 5.50. The average Bonchev–Trinajstić information content (AvgIpc) is 3.11. The van der Waals surface area contributed by atoms with Crippen molar-refractivity contribution in [2.75, 3.05) is 6.54 Å². The molecule has 0 bridgehead atoms. The van der Waals surface area contributed by atoms with Crippen LogP contribution in [0.15, 0.2) is 5.18 Å². The summed E-state index contributed by atoms with van der Waals surface area (Å²) < 4.78 is 0. The highest BCUT2D eigenvalue weighted by Gasteiger charge is 2.61. The standard InChI is InChI=1S/C12H22N2O4/c1-2-12(6-9(12)10(17)3-4-15)11(14-18)5-8(16)7-13/h4,8-11,16-17H,2-3,5-7,13H2,1H3. The van der Waals surface area contributed by atoms with Gasteiger partial charge in [0.1, 0.15) is 12.3 Å². The van der Waals surface area contributed by atoms with Gasteiger partial charge in [0.05, 0.1) is 12.2 Å². The van der Waals surface area contributed by atoms with Gasteiger partial charge in [0.2, 0.25) is 0 Å². The summed E-state index contributed by atoms with van der Waals surface area (Å²) >= 11 is 0. The molecule has 0 radical (unpaired) electrons. The lowest BCUT2D eigenvalue weighted by molar-refractivity contribution is -0.109. The van der Waals surface area contributed by atoms with Crippen molar-refractivity contribution < 1.29 is 15.0 Å². The number of nitrogens with two attached hydrogens (primary N) is 1. The van der Waals surface area contributed by atoms with Crippen molar-refractivity contribution in [3.8, 4) is 0 Å². The van der Waals surface area contributed by atoms with E-state index in [0.717, 1.165) is 0 Å². The molecule has 1 aliphatic carbocycles. The molecule has 18 heavy (non-hydrogen) atoms. The van der Waals surface area contributed by atoms with Crippen molar-refractivity contribution >= 4 is 6.29 Å². The Morgan fingerprint density at radius 1 is 1.56 bits per heavy atom. The van der Waals surface area contributed by atoms with Crippen LogP contribution in [0.2, 0.25) is 0 Å². The molecule has 5 atom stereocenters. The van der Waals surface area contributed by atoms with Gasteiger partial charge < -0.3 is 20.7 Å². The first-order valence-electron chi connectivity index (χ1n) is 6.38. The molecule has 0 spiro atoms. The number of aldehydes is 1. The Bertz CT molecular complexity index is 300. The number of nitrogens with zero attached hydrogens (tertiary/aromatic N) is 1. The molecule has 0 aromatic carbocycles. The highest BCUT2D eigenvalue weighted by Crippen LogP contribution is 2.61. The molecule has 104 valence electrons. The van der Waals surface area contributed by atoms with E-state index in [4.69, 9.17) is 5.73 Å². The Balaban J connectivity index is 2.70. The number of carbonyl (C=O) groups is 1. The molecule has 1 aliphatic rings. The van der Waals surface area contributed by atoms with E-state index in [0.29, 0.717) is 19.1 Å². The third-order valence-electron chi connectivity index (χ3n) is 4.20. The summed E-state index contributed by atoms with van der Waals surface area (Å²) in [6.07, 6.45) is 0.882. The van der Waals surface area contributed by atoms with Crippen LogP contribution in [0.25, 0.3) is 0 Å². The van der Waals surface area contributed by atoms with E-state index in [1.807, 2.05) is 6.92 Å². The Morgan fingerprint density at radius 3 is 2.67 bits per heavy atom. The first-order chi connectivity index (χ1) is 8.55. The SMILES string of the molecule is CCC1(C(CC(O)CN)N=O)CC1C(O)CC=O. The van der Waals surface area contributed by atoms with Crippen LogP contribution in [0.3, 0.4) is 0 Å². The van der Waals surface area contributed by atoms with E-state index >= 15 is 0 Å². The molecule has 0 heterocycles. The van der Waals surface area contributed by atoms with Gasteiger partial charge in [0.15, 0.2) is 0 Å². The molecule has 0 saturated heterocycles. The normalized spacial score (nSPS) is 31.4. The monoisotopic (exact) mass is 258 g/mol. The number of carbonyl (C=O) groups excluding carboxylic acids is 1. The zero-order valence-corrected chi connectivity index (χ0v) is 10.7. The molecule has 4 N–H and O–H groups in total. The van der Waals surface area contributed by atoms with E-state index in [1.54, 1.807) is 0 Å². The van der Waals surface area contributed by atoms with Crippen molar-refractivity contribution in [2.45, 2.75) is 50.9 Å². The molecular formula is C12H22N2O4. The van der Waals surface area contributed by atoms with E-state index in [1.165, 1.54) is 0 Å². The van der Waals surface area contributed by atoms with Crippen molar-refractivity contribution in [3.63, 3.8) is 0 Å². The van der Waals surface area contributed by atoms with Crippen LogP contribution in [-0.2, 0) is 4.79 Å². The second kappa shape index (κ2) is 6.36. The van der Waals surface area contributed by atoms with Crippen LogP contribution in [0, 0.1) is 16.2 Å². The van der Waals surface area contributed by atoms with Crippen molar-refractivity contribution in [3.05, 3.63) is 4.91 Å². The number of hydrogen-bond donors (Lipinski definition) is 3. The van der Waals surface area contributed by atoms with Crippen LogP contribution < -0.4 is 5.73 Å². The second-order valence-electron chi connectivity index (χ2n) is 5.11. The fourth-order valence-electron chi connectivity index (χ4n) is 2.89. The highest BCUT2D eigenvalue weighted by atomic mass is 16.3. The summed E-state index contributed by atoms with van der Waals surface area (Å²) in [6, 6.07) is -0.549. The van der Waals surface area contributed by atoms with Gasteiger partial charge in [0.25, 0.3) is 0 Å². The lowest BCUT2D eigenvalue weighted by Gasteiger charge is -2.24. The van der Waals surface area contributed by atoms with Gasteiger partial charge in [-0.3, -0.25) is 0 Å². The van der Waals surface area contributed by atoms with E-state index in [-0.39, 0.29) is 30.7 Å². The average molecular weight is 258 g/mol. The van der Waals surface area contributed by atoms with Crippen LogP contribution in [0.5, 0.6) is 0 Å². The minimum absolute atomic E-state index is 0.0808. The number of nitroso groups, excluding NO2 is 1. The summed E-state index contributed by atoms with van der Waals surface area (Å²) in [5, 5.41) is 22.5. The molecule has 1 fully saturated rings. The van der Waals surface area contributed by atoms with Crippen LogP contribution in [-0.4, -0.2) is 41.3 Å². The second-order valence-corrected chi connectivity index (χ2v) is 5.11. The van der Waals surface area contributed by atoms with Crippen molar-refractivity contribution in [1.29, 1.82) is 0 Å². The van der Waals surface area contributed by atoms with Crippen LogP contribution in [0.1, 0.15) is 32.6 Å². The molecular weight excluding hydrogens is 236 g/mol. The van der Waals surface area contributed by atoms with Gasteiger partial charge in [-0.25, -0.2) is 0 Å². The maximum atomic E-state index is 11.0. The Kier molecular flexibility index (Phi) is 5.37. The largest absolute Gasteiger partial charge is 0.392 e. The van der Waals surface area contributed by atoms with Gasteiger partial charge in [-0.1, -0.05) is 12.1 Å². The summed E-state index contributed by atoms with van der Waals surface area (Å²) in [4.78, 5) is 21.4. The van der Waals surface area contributed by atoms with Gasteiger partial charge >= 0.3 is 0 Å². The molecule has 0 aromatic heterocycles. The molecule has 5 unspecified atom stereocenters. The molecule has 0 aromatic rings. The minimum Gasteiger partial charge on any atom is -0.392 e. The summed E-state index contributed by atoms with van der Waals surface area (Å²) in [6.45, 7) is 2.02. The summed E-state index contributed by atoms with van der Waals surface area (Å²) in [7, 11) is 0. The smallest absolute Gasteiger partial charge is 0.122 e. The first-order valence-corrected chi connectivity index (χ1v) is 6.38. The molecule has 0 amide bonds. The predicted molar refractivity (Wildman–Crippen MR) is 66.8 cm³/mol. The van der Waals surface area contributed by atoms with E-state index in [9.17, 15) is 19.9 Å². The number of aliphatic hydroxyl groups excluding tert-OH is 2. The Morgan fingerprint density at radius 2 is 2.22 bits per heavy atom. The fraction of sp³-hybridized carbons (Fsp3) is 0.917. The van der Waals surface area contributed by atoms with Gasteiger partial charge in [-0.2, -0.15) is 4.91 Å². The third kappa shape index (κ3) is 2.93. The number of rotatable bonds is 9. The first kappa shape index (κ1) is 15.2. The molecule has 0 aliphatic heterocycles. The molecule has 1 saturated carbocycles. The van der Waals surface area contributed by atoms with Crippen LogP contribution in [0.4, 0.5) is 0 Å². The van der Waals surface area contributed by atoms with Gasteiger partial charge in [0, 0.05) is 24.8 Å². The molecule has 6 nitrogen and oxygen atoms in total. The maximum absolute atomic E-state index is 11.0. The quantitative estimate of drug-likeness (QED) is 0.404. The van der Waals surface area contributed by atoms with Gasteiger partial charge in [-0.15, -0.1) is 0 Å². The van der Waals surface area contributed by atoms with Crippen molar-refractivity contribution in [2.24, 2.45) is 22.2 Å². The van der Waals surface area contributed by atoms with Gasteiger partial charge in [-0.05, 0) is 18.8 Å². The number of aliphatic hydroxyl groups is 2. The topological polar surface area (TPSA) is 113 Å². The Labute approximate surface area is 107 Å². The summed E-state index contributed by atoms with van der Waals surface area (Å²) in [5.74, 6) is -0.0830. The molecule has 6 heteroatoms. The van der Waals surface area contributed by atoms with Crippen LogP contribution >= 0.6 is 0 Å². The Hall–Kier alpha value is -0.850. The predicted octanol–water partition coefficient (Wildman–Crippen LogP) is 0.197. The van der Waals surface area contributed by atoms with Crippen molar-refractivity contribution in [1.82, 2.24) is 0 Å². The van der Waals surface area contributed by atoms with E-state index < -0.39 is 18.2 Å². The fourth-order valence-corrected chi connectivity index (χ4v) is 2.89. The molecule has 1 rings (SSSR count). The lowest BCUT2D eigenvalue weighted by atomic mass is 9.85. The maximum Gasteiger partial charge on any atom is 0.122 e. The zero-order valence-electron chi connectivity index (χ0n) is 10.7. The third-order valence-corrected chi connectivity index (χ3v) is 4.20. The zero-order chi connectivity index (χ0) is 13.8. The lowest BCUT2D eigenvalue weighted by Crippen LogP contribution is -2.32. The minimum atomic E-state index is -0.749. The summed E-state index contributed by atoms with van der Waals surface area (Å²) in [5.41, 5.74) is 4.96.